The molecule has 1 unspecified atom stereocenters. The number of aryl methyl sites for hydroxylation is 1. The topological polar surface area (TPSA) is 24.6 Å². The maximum atomic E-state index is 10.4. The SMILES string of the molecule is [C-]#[N+]c1ccc(C(O)c2cccc(Br)c2)c(C)c1. The van der Waals surface area contributed by atoms with Crippen LogP contribution >= 0.6 is 15.9 Å². The fourth-order valence-electron chi connectivity index (χ4n) is 1.89. The van der Waals surface area contributed by atoms with Gasteiger partial charge < -0.3 is 5.11 Å². The largest absolute Gasteiger partial charge is 0.384 e. The number of aliphatic hydroxyl groups is 1. The van der Waals surface area contributed by atoms with Crippen molar-refractivity contribution in [3.8, 4) is 0 Å². The van der Waals surface area contributed by atoms with Crippen molar-refractivity contribution in [3.63, 3.8) is 0 Å². The molecular formula is C15H12BrNO. The van der Waals surface area contributed by atoms with Gasteiger partial charge in [-0.05, 0) is 30.2 Å². The van der Waals surface area contributed by atoms with Crippen molar-refractivity contribution in [3.05, 3.63) is 75.0 Å². The van der Waals surface area contributed by atoms with Crippen LogP contribution in [-0.2, 0) is 0 Å². The Bertz CT molecular complexity index is 616. The summed E-state index contributed by atoms with van der Waals surface area (Å²) in [7, 11) is 0. The summed E-state index contributed by atoms with van der Waals surface area (Å²) >= 11 is 3.39. The van der Waals surface area contributed by atoms with Crippen LogP contribution in [0.5, 0.6) is 0 Å². The van der Waals surface area contributed by atoms with Crippen LogP contribution < -0.4 is 0 Å². The minimum atomic E-state index is -0.665. The van der Waals surface area contributed by atoms with E-state index in [9.17, 15) is 5.11 Å². The second kappa shape index (κ2) is 5.34. The molecule has 0 amide bonds. The minimum Gasteiger partial charge on any atom is -0.384 e. The first kappa shape index (κ1) is 12.8. The first-order valence-corrected chi connectivity index (χ1v) is 6.32. The zero-order valence-electron chi connectivity index (χ0n) is 9.89. The van der Waals surface area contributed by atoms with Crippen LogP contribution in [0.4, 0.5) is 5.69 Å². The summed E-state index contributed by atoms with van der Waals surface area (Å²) < 4.78 is 0.939. The lowest BCUT2D eigenvalue weighted by Gasteiger charge is -2.14. The van der Waals surface area contributed by atoms with Crippen molar-refractivity contribution in [2.24, 2.45) is 0 Å². The molecule has 0 aliphatic carbocycles. The molecule has 2 rings (SSSR count). The molecule has 2 nitrogen and oxygen atoms in total. The van der Waals surface area contributed by atoms with Crippen LogP contribution in [0, 0.1) is 13.5 Å². The van der Waals surface area contributed by atoms with Gasteiger partial charge in [0.2, 0.25) is 0 Å². The van der Waals surface area contributed by atoms with Crippen LogP contribution in [-0.4, -0.2) is 5.11 Å². The number of halogens is 1. The maximum Gasteiger partial charge on any atom is 0.187 e. The van der Waals surface area contributed by atoms with Gasteiger partial charge in [-0.25, -0.2) is 4.85 Å². The molecule has 0 saturated heterocycles. The average Bonchev–Trinajstić information content (AvgIpc) is 2.37. The van der Waals surface area contributed by atoms with E-state index in [1.54, 1.807) is 12.1 Å². The lowest BCUT2D eigenvalue weighted by atomic mass is 9.97. The van der Waals surface area contributed by atoms with E-state index >= 15 is 0 Å². The third-order valence-electron chi connectivity index (χ3n) is 2.84. The van der Waals surface area contributed by atoms with Gasteiger partial charge in [0.15, 0.2) is 5.69 Å². The molecule has 0 aliphatic heterocycles. The number of rotatable bonds is 2. The summed E-state index contributed by atoms with van der Waals surface area (Å²) in [6.07, 6.45) is -0.665. The van der Waals surface area contributed by atoms with E-state index < -0.39 is 6.10 Å². The lowest BCUT2D eigenvalue weighted by molar-refractivity contribution is 0.219. The molecule has 0 aromatic heterocycles. The van der Waals surface area contributed by atoms with Crippen LogP contribution in [0.3, 0.4) is 0 Å². The van der Waals surface area contributed by atoms with E-state index in [1.165, 1.54) is 0 Å². The van der Waals surface area contributed by atoms with Crippen molar-refractivity contribution >= 4 is 21.6 Å². The maximum absolute atomic E-state index is 10.4. The van der Waals surface area contributed by atoms with E-state index in [0.29, 0.717) is 5.69 Å². The summed E-state index contributed by atoms with van der Waals surface area (Å²) in [4.78, 5) is 3.38. The van der Waals surface area contributed by atoms with Crippen LogP contribution in [0.1, 0.15) is 22.8 Å². The van der Waals surface area contributed by atoms with Crippen molar-refractivity contribution < 1.29 is 5.11 Å². The first-order chi connectivity index (χ1) is 8.61. The summed E-state index contributed by atoms with van der Waals surface area (Å²) in [6.45, 7) is 8.87. The molecule has 0 fully saturated rings. The number of aliphatic hydroxyl groups excluding tert-OH is 1. The van der Waals surface area contributed by atoms with Gasteiger partial charge in [-0.2, -0.15) is 0 Å². The Morgan fingerprint density at radius 3 is 2.61 bits per heavy atom. The zero-order chi connectivity index (χ0) is 13.1. The predicted octanol–water partition coefficient (Wildman–Crippen LogP) is 4.39. The van der Waals surface area contributed by atoms with Gasteiger partial charge in [0.05, 0.1) is 6.57 Å². The van der Waals surface area contributed by atoms with Gasteiger partial charge >= 0.3 is 0 Å². The molecule has 90 valence electrons. The molecule has 18 heavy (non-hydrogen) atoms. The molecule has 0 radical (unpaired) electrons. The van der Waals surface area contributed by atoms with Crippen LogP contribution in [0.15, 0.2) is 46.9 Å². The zero-order valence-corrected chi connectivity index (χ0v) is 11.5. The third kappa shape index (κ3) is 2.61. The summed E-state index contributed by atoms with van der Waals surface area (Å²) in [6, 6.07) is 12.9. The second-order valence-corrected chi connectivity index (χ2v) is 5.03. The number of nitrogens with zero attached hydrogens (tertiary/aromatic N) is 1. The Kier molecular flexibility index (Phi) is 3.81. The van der Waals surface area contributed by atoms with Gasteiger partial charge in [-0.15, -0.1) is 0 Å². The van der Waals surface area contributed by atoms with Crippen molar-refractivity contribution in [1.29, 1.82) is 0 Å². The summed E-state index contributed by atoms with van der Waals surface area (Å²) in [5.41, 5.74) is 3.19. The molecule has 1 atom stereocenters. The standard InChI is InChI=1S/C15H12BrNO/c1-10-8-13(17-2)6-7-14(10)15(18)11-4-3-5-12(16)9-11/h3-9,15,18H,1H3. The van der Waals surface area contributed by atoms with Gasteiger partial charge in [0.1, 0.15) is 6.10 Å². The van der Waals surface area contributed by atoms with E-state index in [-0.39, 0.29) is 0 Å². The van der Waals surface area contributed by atoms with Crippen molar-refractivity contribution in [2.45, 2.75) is 13.0 Å². The quantitative estimate of drug-likeness (QED) is 0.818. The Balaban J connectivity index is 2.40. The van der Waals surface area contributed by atoms with Gasteiger partial charge in [-0.3, -0.25) is 0 Å². The van der Waals surface area contributed by atoms with Crippen LogP contribution in [0.25, 0.3) is 4.85 Å². The van der Waals surface area contributed by atoms with Gasteiger partial charge in [0, 0.05) is 4.47 Å². The number of hydrogen-bond acceptors (Lipinski definition) is 1. The Morgan fingerprint density at radius 2 is 2.00 bits per heavy atom. The van der Waals surface area contributed by atoms with Crippen molar-refractivity contribution in [2.75, 3.05) is 0 Å². The third-order valence-corrected chi connectivity index (χ3v) is 3.33. The van der Waals surface area contributed by atoms with Crippen molar-refractivity contribution in [1.82, 2.24) is 0 Å². The predicted molar refractivity (Wildman–Crippen MR) is 75.6 cm³/mol. The fraction of sp³-hybridized carbons (Fsp3) is 0.133. The smallest absolute Gasteiger partial charge is 0.187 e. The fourth-order valence-corrected chi connectivity index (χ4v) is 2.31. The van der Waals surface area contributed by atoms with Gasteiger partial charge in [-0.1, -0.05) is 51.8 Å². The molecule has 0 bridgehead atoms. The minimum absolute atomic E-state index is 0.595. The first-order valence-electron chi connectivity index (χ1n) is 5.53. The van der Waals surface area contributed by atoms with Gasteiger partial charge in [0.25, 0.3) is 0 Å². The second-order valence-electron chi connectivity index (χ2n) is 4.11. The Morgan fingerprint density at radius 1 is 1.22 bits per heavy atom. The highest BCUT2D eigenvalue weighted by molar-refractivity contribution is 9.10. The summed E-state index contributed by atoms with van der Waals surface area (Å²) in [5, 5.41) is 10.4. The molecule has 2 aromatic carbocycles. The number of hydrogen-bond donors (Lipinski definition) is 1. The molecule has 3 heteroatoms. The van der Waals surface area contributed by atoms with E-state index in [1.807, 2.05) is 37.3 Å². The van der Waals surface area contributed by atoms with E-state index in [0.717, 1.165) is 21.2 Å². The summed E-state index contributed by atoms with van der Waals surface area (Å²) in [5.74, 6) is 0. The number of benzene rings is 2. The van der Waals surface area contributed by atoms with Crippen LogP contribution in [0.2, 0.25) is 0 Å². The Labute approximate surface area is 115 Å². The molecule has 1 N–H and O–H groups in total. The molecule has 0 heterocycles. The van der Waals surface area contributed by atoms with E-state index in [2.05, 4.69) is 20.8 Å². The highest BCUT2D eigenvalue weighted by Gasteiger charge is 2.13. The normalized spacial score (nSPS) is 11.9. The molecule has 0 saturated carbocycles. The molecule has 0 spiro atoms. The highest BCUT2D eigenvalue weighted by Crippen LogP contribution is 2.28. The van der Waals surface area contributed by atoms with E-state index in [4.69, 9.17) is 6.57 Å². The molecule has 0 aliphatic rings. The average molecular weight is 302 g/mol. The monoisotopic (exact) mass is 301 g/mol. The molecular weight excluding hydrogens is 290 g/mol. The Hall–Kier alpha value is -1.63. The molecule has 2 aromatic rings. The highest BCUT2D eigenvalue weighted by atomic mass is 79.9. The lowest BCUT2D eigenvalue weighted by Crippen LogP contribution is -2.01.